The Morgan fingerprint density at radius 2 is 2.00 bits per heavy atom. The molecule has 0 radical (unpaired) electrons. The van der Waals surface area contributed by atoms with Crippen molar-refractivity contribution in [2.45, 2.75) is 44.6 Å². The third-order valence-electron chi connectivity index (χ3n) is 4.58. The number of hydrogen-bond donors (Lipinski definition) is 1. The number of fused-ring (bicyclic) bond motifs is 1. The molecule has 0 spiro atoms. The highest BCUT2D eigenvalue weighted by molar-refractivity contribution is 5.37. The Bertz CT molecular complexity index is 371. The quantitative estimate of drug-likeness (QED) is 0.884. The summed E-state index contributed by atoms with van der Waals surface area (Å²) in [6.07, 6.45) is 7.57. The first kappa shape index (κ1) is 12.0. The van der Waals surface area contributed by atoms with Gasteiger partial charge in [-0.05, 0) is 29.9 Å². The van der Waals surface area contributed by atoms with E-state index in [2.05, 4.69) is 18.2 Å². The van der Waals surface area contributed by atoms with E-state index in [0.717, 1.165) is 24.5 Å². The molecule has 1 aliphatic carbocycles. The maximum Gasteiger partial charge on any atom is 0.123 e. The van der Waals surface area contributed by atoms with Crippen LogP contribution in [-0.4, -0.2) is 17.8 Å². The molecule has 1 N–H and O–H groups in total. The monoisotopic (exact) mass is 246 g/mol. The van der Waals surface area contributed by atoms with Crippen LogP contribution in [0, 0.1) is 11.8 Å². The molecular weight excluding hydrogens is 224 g/mol. The number of rotatable bonds is 4. The van der Waals surface area contributed by atoms with Crippen molar-refractivity contribution in [1.82, 2.24) is 0 Å². The summed E-state index contributed by atoms with van der Waals surface area (Å²) in [7, 11) is 0. The first-order valence-electron chi connectivity index (χ1n) is 7.22. The lowest BCUT2D eigenvalue weighted by Crippen LogP contribution is -2.25. The van der Waals surface area contributed by atoms with E-state index in [1.165, 1.54) is 31.2 Å². The molecule has 2 aliphatic rings. The van der Waals surface area contributed by atoms with Crippen molar-refractivity contribution < 1.29 is 9.84 Å². The maximum atomic E-state index is 9.61. The minimum atomic E-state index is 0.278. The molecule has 1 aromatic carbocycles. The highest BCUT2D eigenvalue weighted by atomic mass is 16.5. The van der Waals surface area contributed by atoms with Crippen LogP contribution < -0.4 is 4.74 Å². The molecule has 2 heteroatoms. The van der Waals surface area contributed by atoms with Crippen molar-refractivity contribution in [1.29, 1.82) is 0 Å². The summed E-state index contributed by atoms with van der Waals surface area (Å²) < 4.78 is 5.99. The third-order valence-corrected chi connectivity index (χ3v) is 4.58. The summed E-state index contributed by atoms with van der Waals surface area (Å²) in [5.41, 5.74) is 1.32. The molecule has 0 amide bonds. The average Bonchev–Trinajstić information content (AvgIpc) is 3.04. The van der Waals surface area contributed by atoms with E-state index in [4.69, 9.17) is 4.74 Å². The fraction of sp³-hybridized carbons (Fsp3) is 0.625. The van der Waals surface area contributed by atoms with Crippen LogP contribution in [0.4, 0.5) is 0 Å². The summed E-state index contributed by atoms with van der Waals surface area (Å²) >= 11 is 0. The van der Waals surface area contributed by atoms with Gasteiger partial charge in [0.2, 0.25) is 0 Å². The highest BCUT2D eigenvalue weighted by Crippen LogP contribution is 2.37. The zero-order valence-corrected chi connectivity index (χ0v) is 10.8. The molecule has 2 atom stereocenters. The fourth-order valence-electron chi connectivity index (χ4n) is 3.57. The molecule has 18 heavy (non-hydrogen) atoms. The third kappa shape index (κ3) is 2.39. The molecule has 0 saturated heterocycles. The molecule has 1 aliphatic heterocycles. The zero-order valence-electron chi connectivity index (χ0n) is 10.8. The van der Waals surface area contributed by atoms with Gasteiger partial charge in [0.15, 0.2) is 0 Å². The van der Waals surface area contributed by atoms with Gasteiger partial charge in [-0.2, -0.15) is 0 Å². The van der Waals surface area contributed by atoms with Crippen LogP contribution in [0.5, 0.6) is 5.75 Å². The molecule has 0 aromatic heterocycles. The molecule has 2 unspecified atom stereocenters. The van der Waals surface area contributed by atoms with E-state index in [0.29, 0.717) is 12.5 Å². The van der Waals surface area contributed by atoms with Crippen LogP contribution >= 0.6 is 0 Å². The smallest absolute Gasteiger partial charge is 0.123 e. The van der Waals surface area contributed by atoms with Crippen molar-refractivity contribution in [2.24, 2.45) is 11.8 Å². The lowest BCUT2D eigenvalue weighted by atomic mass is 9.86. The Kier molecular flexibility index (Phi) is 3.55. The van der Waals surface area contributed by atoms with Crippen molar-refractivity contribution in [3.8, 4) is 5.75 Å². The number of hydrogen-bond acceptors (Lipinski definition) is 2. The standard InChI is InChI=1S/C16H22O2/c17-11-14(12-5-1-2-6-12)10-15-9-13-7-3-4-8-16(13)18-15/h3-4,7-8,12,14-15,17H,1-2,5-6,9-11H2. The second-order valence-corrected chi connectivity index (χ2v) is 5.77. The van der Waals surface area contributed by atoms with Crippen LogP contribution in [0.1, 0.15) is 37.7 Å². The molecule has 0 bridgehead atoms. The Morgan fingerprint density at radius 3 is 2.72 bits per heavy atom. The second-order valence-electron chi connectivity index (χ2n) is 5.77. The van der Waals surface area contributed by atoms with Gasteiger partial charge in [-0.25, -0.2) is 0 Å². The van der Waals surface area contributed by atoms with Crippen LogP contribution in [0.25, 0.3) is 0 Å². The van der Waals surface area contributed by atoms with Gasteiger partial charge >= 0.3 is 0 Å². The minimum Gasteiger partial charge on any atom is -0.490 e. The van der Waals surface area contributed by atoms with Gasteiger partial charge in [0, 0.05) is 13.0 Å². The summed E-state index contributed by atoms with van der Waals surface area (Å²) in [6, 6.07) is 8.31. The van der Waals surface area contributed by atoms with Crippen molar-refractivity contribution in [3.05, 3.63) is 29.8 Å². The summed E-state index contributed by atoms with van der Waals surface area (Å²) in [4.78, 5) is 0. The summed E-state index contributed by atoms with van der Waals surface area (Å²) in [5, 5.41) is 9.61. The number of aliphatic hydroxyl groups excluding tert-OH is 1. The van der Waals surface area contributed by atoms with E-state index in [9.17, 15) is 5.11 Å². The zero-order chi connectivity index (χ0) is 12.4. The molecule has 1 heterocycles. The predicted molar refractivity (Wildman–Crippen MR) is 71.7 cm³/mol. The van der Waals surface area contributed by atoms with Crippen molar-refractivity contribution in [3.63, 3.8) is 0 Å². The van der Waals surface area contributed by atoms with Crippen LogP contribution in [0.2, 0.25) is 0 Å². The van der Waals surface area contributed by atoms with E-state index < -0.39 is 0 Å². The van der Waals surface area contributed by atoms with Crippen molar-refractivity contribution >= 4 is 0 Å². The van der Waals surface area contributed by atoms with Gasteiger partial charge < -0.3 is 9.84 Å². The van der Waals surface area contributed by atoms with Crippen LogP contribution in [0.3, 0.4) is 0 Å². The number of aliphatic hydroxyl groups is 1. The molecule has 1 aromatic rings. The van der Waals surface area contributed by atoms with Crippen LogP contribution in [0.15, 0.2) is 24.3 Å². The predicted octanol–water partition coefficient (Wildman–Crippen LogP) is 3.18. The molecular formula is C16H22O2. The average molecular weight is 246 g/mol. The van der Waals surface area contributed by atoms with Gasteiger partial charge in [0.1, 0.15) is 11.9 Å². The lowest BCUT2D eigenvalue weighted by Gasteiger charge is -2.24. The maximum absolute atomic E-state index is 9.61. The van der Waals surface area contributed by atoms with E-state index in [-0.39, 0.29) is 6.10 Å². The largest absolute Gasteiger partial charge is 0.490 e. The molecule has 1 saturated carbocycles. The Morgan fingerprint density at radius 1 is 1.22 bits per heavy atom. The van der Waals surface area contributed by atoms with Gasteiger partial charge in [-0.3, -0.25) is 0 Å². The van der Waals surface area contributed by atoms with E-state index in [1.807, 2.05) is 6.07 Å². The molecule has 1 fully saturated rings. The SMILES string of the molecule is OCC(CC1Cc2ccccc2O1)C1CCCC1. The second kappa shape index (κ2) is 5.31. The van der Waals surface area contributed by atoms with Gasteiger partial charge in [-0.15, -0.1) is 0 Å². The normalized spacial score (nSPS) is 24.8. The first-order valence-corrected chi connectivity index (χ1v) is 7.22. The highest BCUT2D eigenvalue weighted by Gasteiger charge is 2.30. The number of ether oxygens (including phenoxy) is 1. The Labute approximate surface area is 109 Å². The summed E-state index contributed by atoms with van der Waals surface area (Å²) in [6.45, 7) is 0.320. The van der Waals surface area contributed by atoms with Gasteiger partial charge in [0.05, 0.1) is 0 Å². The number of para-hydroxylation sites is 1. The van der Waals surface area contributed by atoms with Crippen LogP contribution in [-0.2, 0) is 6.42 Å². The van der Waals surface area contributed by atoms with Crippen molar-refractivity contribution in [2.75, 3.05) is 6.61 Å². The molecule has 3 rings (SSSR count). The lowest BCUT2D eigenvalue weighted by molar-refractivity contribution is 0.115. The van der Waals surface area contributed by atoms with Gasteiger partial charge in [0.25, 0.3) is 0 Å². The Balaban J connectivity index is 1.60. The Hall–Kier alpha value is -1.02. The molecule has 98 valence electrons. The minimum absolute atomic E-state index is 0.278. The fourth-order valence-corrected chi connectivity index (χ4v) is 3.57. The topological polar surface area (TPSA) is 29.5 Å². The van der Waals surface area contributed by atoms with Gasteiger partial charge in [-0.1, -0.05) is 43.9 Å². The molecule has 2 nitrogen and oxygen atoms in total. The van der Waals surface area contributed by atoms with E-state index in [1.54, 1.807) is 0 Å². The van der Waals surface area contributed by atoms with E-state index >= 15 is 0 Å². The number of benzene rings is 1. The first-order chi connectivity index (χ1) is 8.86. The summed E-state index contributed by atoms with van der Waals surface area (Å²) in [5.74, 6) is 2.21.